The van der Waals surface area contributed by atoms with Crippen LogP contribution in [0.1, 0.15) is 19.8 Å². The fourth-order valence-electron chi connectivity index (χ4n) is 1.98. The molecule has 2 rings (SSSR count). The molecule has 1 aromatic rings. The van der Waals surface area contributed by atoms with Crippen molar-refractivity contribution in [2.45, 2.75) is 30.2 Å². The molecule has 5 nitrogen and oxygen atoms in total. The normalized spacial score (nSPS) is 23.8. The number of hydrogen-bond donors (Lipinski definition) is 2. The molecule has 1 amide bonds. The fraction of sp³-hybridized carbons (Fsp3) is 0.417. The van der Waals surface area contributed by atoms with E-state index >= 15 is 0 Å². The highest BCUT2D eigenvalue weighted by atomic mass is 32.2. The van der Waals surface area contributed by atoms with Crippen LogP contribution in [0.25, 0.3) is 0 Å². The highest BCUT2D eigenvalue weighted by Gasteiger charge is 2.38. The van der Waals surface area contributed by atoms with Gasteiger partial charge in [-0.2, -0.15) is 0 Å². The second-order valence-corrected chi connectivity index (χ2v) is 6.29. The van der Waals surface area contributed by atoms with Crippen molar-refractivity contribution in [1.82, 2.24) is 10.0 Å². The van der Waals surface area contributed by atoms with Gasteiger partial charge in [0.25, 0.3) is 15.9 Å². The van der Waals surface area contributed by atoms with E-state index < -0.39 is 21.5 Å². The third-order valence-corrected chi connectivity index (χ3v) is 4.50. The second kappa shape index (κ2) is 4.70. The summed E-state index contributed by atoms with van der Waals surface area (Å²) in [5.74, 6) is -0.496. The average Bonchev–Trinajstić information content (AvgIpc) is 2.78. The number of sulfonamides is 1. The smallest absolute Gasteiger partial charge is 0.264 e. The first-order valence-corrected chi connectivity index (χ1v) is 7.30. The first-order valence-electron chi connectivity index (χ1n) is 5.81. The van der Waals surface area contributed by atoms with E-state index in [1.165, 1.54) is 12.1 Å². The van der Waals surface area contributed by atoms with E-state index in [0.717, 1.165) is 13.0 Å². The van der Waals surface area contributed by atoms with Crippen LogP contribution in [0.2, 0.25) is 0 Å². The highest BCUT2D eigenvalue weighted by molar-refractivity contribution is 7.90. The molecule has 98 valence electrons. The number of nitrogens with one attached hydrogen (secondary N) is 2. The Labute approximate surface area is 107 Å². The molecule has 0 saturated carbocycles. The fourth-order valence-corrected chi connectivity index (χ4v) is 3.08. The standard InChI is InChI=1S/C12H16N2O3S/c1-12(8-5-9-13-12)11(15)14-18(16,17)10-6-3-2-4-7-10/h2-4,6-7,13H,5,8-9H2,1H3,(H,14,15). The zero-order valence-corrected chi connectivity index (χ0v) is 11.0. The number of benzene rings is 1. The minimum atomic E-state index is -3.77. The van der Waals surface area contributed by atoms with Crippen LogP contribution in [-0.2, 0) is 14.8 Å². The first kappa shape index (κ1) is 13.0. The average molecular weight is 268 g/mol. The lowest BCUT2D eigenvalue weighted by molar-refractivity contribution is -0.124. The van der Waals surface area contributed by atoms with E-state index in [4.69, 9.17) is 0 Å². The minimum Gasteiger partial charge on any atom is -0.304 e. The number of amides is 1. The van der Waals surface area contributed by atoms with Gasteiger partial charge < -0.3 is 5.32 Å². The van der Waals surface area contributed by atoms with Crippen molar-refractivity contribution in [1.29, 1.82) is 0 Å². The van der Waals surface area contributed by atoms with Crippen molar-refractivity contribution >= 4 is 15.9 Å². The Morgan fingerprint density at radius 1 is 1.33 bits per heavy atom. The Morgan fingerprint density at radius 3 is 2.56 bits per heavy atom. The van der Waals surface area contributed by atoms with Gasteiger partial charge in [-0.25, -0.2) is 13.1 Å². The predicted molar refractivity (Wildman–Crippen MR) is 67.4 cm³/mol. The topological polar surface area (TPSA) is 75.3 Å². The summed E-state index contributed by atoms with van der Waals surface area (Å²) in [6, 6.07) is 7.88. The molecule has 1 aliphatic rings. The molecule has 0 spiro atoms. The summed E-state index contributed by atoms with van der Waals surface area (Å²) >= 11 is 0. The Bertz CT molecular complexity index is 534. The van der Waals surface area contributed by atoms with E-state index in [-0.39, 0.29) is 4.90 Å². The van der Waals surface area contributed by atoms with Crippen LogP contribution < -0.4 is 10.0 Å². The van der Waals surface area contributed by atoms with Gasteiger partial charge in [-0.3, -0.25) is 4.79 Å². The summed E-state index contributed by atoms with van der Waals surface area (Å²) < 4.78 is 26.1. The molecule has 0 bridgehead atoms. The lowest BCUT2D eigenvalue weighted by atomic mass is 10.0. The lowest BCUT2D eigenvalue weighted by Gasteiger charge is -2.22. The van der Waals surface area contributed by atoms with Crippen LogP contribution in [-0.4, -0.2) is 26.4 Å². The van der Waals surface area contributed by atoms with Gasteiger partial charge in [0.05, 0.1) is 10.4 Å². The molecule has 6 heteroatoms. The summed E-state index contributed by atoms with van der Waals surface area (Å²) in [4.78, 5) is 12.1. The number of carbonyl (C=O) groups excluding carboxylic acids is 1. The number of hydrogen-bond acceptors (Lipinski definition) is 4. The first-order chi connectivity index (χ1) is 8.44. The van der Waals surface area contributed by atoms with E-state index in [2.05, 4.69) is 10.0 Å². The summed E-state index contributed by atoms with van der Waals surface area (Å²) in [6.45, 7) is 2.45. The molecule has 18 heavy (non-hydrogen) atoms. The molecule has 0 aromatic heterocycles. The Balaban J connectivity index is 2.17. The van der Waals surface area contributed by atoms with Gasteiger partial charge in [0.15, 0.2) is 0 Å². The zero-order valence-electron chi connectivity index (χ0n) is 10.1. The summed E-state index contributed by atoms with van der Waals surface area (Å²) in [5.41, 5.74) is -0.790. The molecule has 1 atom stereocenters. The summed E-state index contributed by atoms with van der Waals surface area (Å²) in [7, 11) is -3.77. The molecular formula is C12H16N2O3S. The third kappa shape index (κ3) is 2.54. The minimum absolute atomic E-state index is 0.0972. The highest BCUT2D eigenvalue weighted by Crippen LogP contribution is 2.19. The maximum absolute atomic E-state index is 12.0. The van der Waals surface area contributed by atoms with E-state index in [1.807, 2.05) is 0 Å². The van der Waals surface area contributed by atoms with Crippen molar-refractivity contribution in [2.75, 3.05) is 6.54 Å². The van der Waals surface area contributed by atoms with Gasteiger partial charge in [-0.1, -0.05) is 18.2 Å². The van der Waals surface area contributed by atoms with Crippen molar-refractivity contribution in [3.63, 3.8) is 0 Å². The van der Waals surface area contributed by atoms with Crippen LogP contribution in [0.5, 0.6) is 0 Å². The van der Waals surface area contributed by atoms with Crippen LogP contribution in [0.3, 0.4) is 0 Å². The molecule has 1 saturated heterocycles. The Kier molecular flexibility index (Phi) is 3.41. The van der Waals surface area contributed by atoms with Gasteiger partial charge in [-0.05, 0) is 38.4 Å². The van der Waals surface area contributed by atoms with Crippen molar-refractivity contribution < 1.29 is 13.2 Å². The van der Waals surface area contributed by atoms with Gasteiger partial charge in [0.2, 0.25) is 0 Å². The molecular weight excluding hydrogens is 252 g/mol. The summed E-state index contributed by atoms with van der Waals surface area (Å²) in [6.07, 6.45) is 1.51. The van der Waals surface area contributed by atoms with Gasteiger partial charge in [0.1, 0.15) is 0 Å². The summed E-state index contributed by atoms with van der Waals surface area (Å²) in [5, 5.41) is 3.03. The molecule has 1 aromatic carbocycles. The largest absolute Gasteiger partial charge is 0.304 e. The van der Waals surface area contributed by atoms with Crippen LogP contribution >= 0.6 is 0 Å². The quantitative estimate of drug-likeness (QED) is 0.843. The molecule has 1 heterocycles. The van der Waals surface area contributed by atoms with Crippen LogP contribution in [0.15, 0.2) is 35.2 Å². The molecule has 0 aliphatic carbocycles. The molecule has 1 aliphatic heterocycles. The number of rotatable bonds is 3. The Morgan fingerprint density at radius 2 is 2.00 bits per heavy atom. The van der Waals surface area contributed by atoms with Crippen molar-refractivity contribution in [3.8, 4) is 0 Å². The van der Waals surface area contributed by atoms with E-state index in [1.54, 1.807) is 25.1 Å². The van der Waals surface area contributed by atoms with Crippen molar-refractivity contribution in [3.05, 3.63) is 30.3 Å². The molecule has 0 radical (unpaired) electrons. The molecule has 1 fully saturated rings. The maximum atomic E-state index is 12.0. The monoisotopic (exact) mass is 268 g/mol. The SMILES string of the molecule is CC1(C(=O)NS(=O)(=O)c2ccccc2)CCCN1. The van der Waals surface area contributed by atoms with Gasteiger partial charge in [0, 0.05) is 0 Å². The van der Waals surface area contributed by atoms with Crippen LogP contribution in [0.4, 0.5) is 0 Å². The second-order valence-electron chi connectivity index (χ2n) is 4.61. The predicted octanol–water partition coefficient (Wildman–Crippen LogP) is 0.634. The molecule has 1 unspecified atom stereocenters. The lowest BCUT2D eigenvalue weighted by Crippen LogP contribution is -2.52. The van der Waals surface area contributed by atoms with E-state index in [0.29, 0.717) is 6.42 Å². The van der Waals surface area contributed by atoms with E-state index in [9.17, 15) is 13.2 Å². The van der Waals surface area contributed by atoms with Crippen molar-refractivity contribution in [2.24, 2.45) is 0 Å². The van der Waals surface area contributed by atoms with Gasteiger partial charge >= 0.3 is 0 Å². The third-order valence-electron chi connectivity index (χ3n) is 3.15. The molecule has 2 N–H and O–H groups in total. The zero-order chi connectivity index (χ0) is 13.2. The Hall–Kier alpha value is -1.40. The van der Waals surface area contributed by atoms with Crippen LogP contribution in [0, 0.1) is 0 Å². The maximum Gasteiger partial charge on any atom is 0.264 e. The number of carbonyl (C=O) groups is 1. The van der Waals surface area contributed by atoms with Gasteiger partial charge in [-0.15, -0.1) is 0 Å².